The molecule has 1 saturated heterocycles. The second kappa shape index (κ2) is 8.75. The highest BCUT2D eigenvalue weighted by Gasteiger charge is 2.34. The maximum absolute atomic E-state index is 14.2. The number of carbonyl (C=O) groups is 1. The van der Waals surface area contributed by atoms with Gasteiger partial charge in [0.1, 0.15) is 5.82 Å². The average Bonchev–Trinajstić information content (AvgIpc) is 2.79. The summed E-state index contributed by atoms with van der Waals surface area (Å²) in [5, 5.41) is 0. The van der Waals surface area contributed by atoms with Gasteiger partial charge in [0, 0.05) is 42.2 Å². The second-order valence-electron chi connectivity index (χ2n) is 7.06. The molecule has 5 nitrogen and oxygen atoms in total. The van der Waals surface area contributed by atoms with Crippen molar-refractivity contribution in [2.45, 2.75) is 4.90 Å². The van der Waals surface area contributed by atoms with E-state index in [1.807, 2.05) is 0 Å². The van der Waals surface area contributed by atoms with Crippen LogP contribution in [0, 0.1) is 5.82 Å². The van der Waals surface area contributed by atoms with E-state index >= 15 is 0 Å². The lowest BCUT2D eigenvalue weighted by molar-refractivity contribution is -0.113. The van der Waals surface area contributed by atoms with Gasteiger partial charge in [-0.1, -0.05) is 42.5 Å². The van der Waals surface area contributed by atoms with Crippen molar-refractivity contribution in [3.8, 4) is 0 Å². The fraction of sp³-hybridized carbons (Fsp3) is 0.0833. The minimum Gasteiger partial charge on any atom is -0.289 e. The zero-order valence-electron chi connectivity index (χ0n) is 16.5. The average molecular weight is 434 g/mol. The molecule has 0 unspecified atom stereocenters. The van der Waals surface area contributed by atoms with Crippen LogP contribution in [0.4, 0.5) is 4.39 Å². The number of rotatable bonds is 4. The number of carbonyl (C=O) groups excluding carboxylic acids is 1. The Balaban J connectivity index is 1.80. The normalized spacial score (nSPS) is 17.9. The number of ketones is 1. The Kier molecular flexibility index (Phi) is 5.88. The monoisotopic (exact) mass is 434 g/mol. The van der Waals surface area contributed by atoms with Crippen molar-refractivity contribution >= 4 is 28.0 Å². The van der Waals surface area contributed by atoms with Crippen molar-refractivity contribution in [1.29, 1.82) is 0 Å². The Labute approximate surface area is 180 Å². The van der Waals surface area contributed by atoms with Gasteiger partial charge in [0.05, 0.1) is 4.90 Å². The summed E-state index contributed by atoms with van der Waals surface area (Å²) < 4.78 is 41.9. The van der Waals surface area contributed by atoms with E-state index in [1.165, 1.54) is 28.6 Å². The Bertz CT molecular complexity index is 1270. The molecule has 0 saturated carbocycles. The van der Waals surface area contributed by atoms with E-state index in [-0.39, 0.29) is 34.9 Å². The van der Waals surface area contributed by atoms with E-state index in [0.717, 1.165) is 0 Å². The molecule has 2 heterocycles. The van der Waals surface area contributed by atoms with Crippen LogP contribution >= 0.6 is 0 Å². The number of aromatic nitrogens is 1. The first-order valence-electron chi connectivity index (χ1n) is 9.61. The molecule has 0 spiro atoms. The number of hydrogen-bond donors (Lipinski definition) is 0. The van der Waals surface area contributed by atoms with Crippen LogP contribution < -0.4 is 0 Å². The predicted molar refractivity (Wildman–Crippen MR) is 117 cm³/mol. The van der Waals surface area contributed by atoms with E-state index in [0.29, 0.717) is 11.1 Å². The summed E-state index contributed by atoms with van der Waals surface area (Å²) in [5.74, 6) is -0.796. The quantitative estimate of drug-likeness (QED) is 0.583. The van der Waals surface area contributed by atoms with Gasteiger partial charge in [0.15, 0.2) is 5.78 Å². The Hall–Kier alpha value is -3.42. The van der Waals surface area contributed by atoms with Gasteiger partial charge in [-0.05, 0) is 42.0 Å². The van der Waals surface area contributed by atoms with Crippen LogP contribution in [-0.4, -0.2) is 36.6 Å². The van der Waals surface area contributed by atoms with E-state index in [4.69, 9.17) is 0 Å². The number of piperidine rings is 1. The Morgan fingerprint density at radius 1 is 0.871 bits per heavy atom. The molecule has 4 rings (SSSR count). The topological polar surface area (TPSA) is 67.3 Å². The molecule has 2 aromatic carbocycles. The van der Waals surface area contributed by atoms with Crippen LogP contribution in [0.2, 0.25) is 0 Å². The zero-order chi connectivity index (χ0) is 21.8. The van der Waals surface area contributed by atoms with E-state index in [1.54, 1.807) is 67.0 Å². The third-order valence-electron chi connectivity index (χ3n) is 4.92. The SMILES string of the molecule is O=C1/C(=C/c2cccnc2)CN(S(=O)(=O)c2ccccc2)C/C1=C\c1ccccc1F. The number of pyridine rings is 1. The van der Waals surface area contributed by atoms with Crippen molar-refractivity contribution in [1.82, 2.24) is 9.29 Å². The van der Waals surface area contributed by atoms with Crippen LogP contribution in [0.5, 0.6) is 0 Å². The predicted octanol–water partition coefficient (Wildman–Crippen LogP) is 3.96. The lowest BCUT2D eigenvalue weighted by Crippen LogP contribution is -2.41. The summed E-state index contributed by atoms with van der Waals surface area (Å²) in [6.45, 7) is -0.228. The maximum Gasteiger partial charge on any atom is 0.243 e. The standard InChI is InChI=1S/C24H19FN2O3S/c25-23-11-5-4-8-19(23)14-21-17-27(31(29,30)22-9-2-1-3-10-22)16-20(24(21)28)13-18-7-6-12-26-15-18/h1-15H,16-17H2/b20-13+,21-14+. The van der Waals surface area contributed by atoms with E-state index in [9.17, 15) is 17.6 Å². The van der Waals surface area contributed by atoms with E-state index < -0.39 is 15.8 Å². The number of hydrogen-bond acceptors (Lipinski definition) is 4. The lowest BCUT2D eigenvalue weighted by Gasteiger charge is -2.29. The summed E-state index contributed by atoms with van der Waals surface area (Å²) in [6, 6.07) is 17.6. The van der Waals surface area contributed by atoms with Crippen molar-refractivity contribution in [2.75, 3.05) is 13.1 Å². The van der Waals surface area contributed by atoms with Crippen LogP contribution in [0.3, 0.4) is 0 Å². The van der Waals surface area contributed by atoms with Gasteiger partial charge < -0.3 is 0 Å². The highest BCUT2D eigenvalue weighted by molar-refractivity contribution is 7.89. The van der Waals surface area contributed by atoms with Gasteiger partial charge in [-0.25, -0.2) is 12.8 Å². The number of Topliss-reactive ketones (excluding diaryl/α,β-unsaturated/α-hetero) is 1. The molecule has 156 valence electrons. The van der Waals surface area contributed by atoms with Gasteiger partial charge >= 0.3 is 0 Å². The molecule has 0 amide bonds. The van der Waals surface area contributed by atoms with Gasteiger partial charge in [0.2, 0.25) is 10.0 Å². The first-order valence-corrected chi connectivity index (χ1v) is 11.0. The van der Waals surface area contributed by atoms with Crippen LogP contribution in [-0.2, 0) is 14.8 Å². The van der Waals surface area contributed by atoms with Gasteiger partial charge in [0.25, 0.3) is 0 Å². The largest absolute Gasteiger partial charge is 0.289 e. The molecule has 0 bridgehead atoms. The highest BCUT2D eigenvalue weighted by atomic mass is 32.2. The first-order chi connectivity index (χ1) is 14.9. The molecular formula is C24H19FN2O3S. The van der Waals surface area contributed by atoms with Crippen molar-refractivity contribution < 1.29 is 17.6 Å². The summed E-state index contributed by atoms with van der Waals surface area (Å²) in [6.07, 6.45) is 6.24. The fourth-order valence-corrected chi connectivity index (χ4v) is 4.78. The molecule has 31 heavy (non-hydrogen) atoms. The Morgan fingerprint density at radius 3 is 2.23 bits per heavy atom. The third kappa shape index (κ3) is 4.52. The van der Waals surface area contributed by atoms with Crippen molar-refractivity contribution in [3.05, 3.63) is 107 Å². The van der Waals surface area contributed by atoms with Crippen LogP contribution in [0.1, 0.15) is 11.1 Å². The molecule has 0 atom stereocenters. The third-order valence-corrected chi connectivity index (χ3v) is 6.72. The van der Waals surface area contributed by atoms with Crippen LogP contribution in [0.25, 0.3) is 12.2 Å². The number of benzene rings is 2. The lowest BCUT2D eigenvalue weighted by atomic mass is 9.96. The molecule has 0 radical (unpaired) electrons. The van der Waals surface area contributed by atoms with Gasteiger partial charge in [-0.2, -0.15) is 4.31 Å². The molecule has 1 aromatic heterocycles. The summed E-state index contributed by atoms with van der Waals surface area (Å²) in [5.41, 5.74) is 1.40. The molecule has 1 aliphatic heterocycles. The summed E-state index contributed by atoms with van der Waals surface area (Å²) in [4.78, 5) is 17.3. The number of halogens is 1. The molecule has 3 aromatic rings. The molecule has 1 fully saturated rings. The second-order valence-corrected chi connectivity index (χ2v) is 9.00. The molecule has 1 aliphatic rings. The zero-order valence-corrected chi connectivity index (χ0v) is 17.3. The molecule has 0 aliphatic carbocycles. The van der Waals surface area contributed by atoms with Gasteiger partial charge in [-0.15, -0.1) is 0 Å². The van der Waals surface area contributed by atoms with Crippen molar-refractivity contribution in [3.63, 3.8) is 0 Å². The van der Waals surface area contributed by atoms with E-state index in [2.05, 4.69) is 4.98 Å². The molecule has 0 N–H and O–H groups in total. The minimum absolute atomic E-state index is 0.0838. The Morgan fingerprint density at radius 2 is 1.55 bits per heavy atom. The number of sulfonamides is 1. The smallest absolute Gasteiger partial charge is 0.243 e. The maximum atomic E-state index is 14.2. The molecular weight excluding hydrogens is 415 g/mol. The van der Waals surface area contributed by atoms with Crippen LogP contribution in [0.15, 0.2) is 95.2 Å². The van der Waals surface area contributed by atoms with Crippen molar-refractivity contribution in [2.24, 2.45) is 0 Å². The molecule has 7 heteroatoms. The summed E-state index contributed by atoms with van der Waals surface area (Å²) >= 11 is 0. The summed E-state index contributed by atoms with van der Waals surface area (Å²) in [7, 11) is -3.86. The first kappa shape index (κ1) is 20.8. The number of nitrogens with zero attached hydrogens (tertiary/aromatic N) is 2. The fourth-order valence-electron chi connectivity index (χ4n) is 3.36. The minimum atomic E-state index is -3.86. The van der Waals surface area contributed by atoms with Gasteiger partial charge in [-0.3, -0.25) is 9.78 Å². The highest BCUT2D eigenvalue weighted by Crippen LogP contribution is 2.27.